The molecule has 4 heteroatoms. The van der Waals surface area contributed by atoms with Crippen molar-refractivity contribution in [1.82, 2.24) is 0 Å². The van der Waals surface area contributed by atoms with Crippen molar-refractivity contribution in [3.05, 3.63) is 0 Å². The first-order chi connectivity index (χ1) is 5.11. The minimum atomic E-state index is -0.940. The highest BCUT2D eigenvalue weighted by Gasteiger charge is 2.28. The average Bonchev–Trinajstić information content (AvgIpc) is 2.33. The third kappa shape index (κ3) is 1.69. The Morgan fingerprint density at radius 3 is 2.73 bits per heavy atom. The molecular weight excluding hydrogens is 146 g/mol. The van der Waals surface area contributed by atoms with Crippen LogP contribution in [0.1, 0.15) is 20.3 Å². The summed E-state index contributed by atoms with van der Waals surface area (Å²) in [4.78, 5) is 15.0. The van der Waals surface area contributed by atoms with E-state index < -0.39 is 12.1 Å². The Morgan fingerprint density at radius 2 is 2.45 bits per heavy atom. The van der Waals surface area contributed by atoms with Crippen LogP contribution < -0.4 is 0 Å². The molecule has 1 atom stereocenters. The molecule has 1 N–H and O–H groups in total. The SMILES string of the molecule is CC(C)C1=NO[C@H](C(=O)O)C1. The van der Waals surface area contributed by atoms with Gasteiger partial charge in [0.25, 0.3) is 0 Å². The molecule has 0 aromatic heterocycles. The Kier molecular flexibility index (Phi) is 2.12. The molecule has 1 aliphatic heterocycles. The smallest absolute Gasteiger partial charge is 0.348 e. The van der Waals surface area contributed by atoms with Crippen LogP contribution >= 0.6 is 0 Å². The Labute approximate surface area is 64.8 Å². The van der Waals surface area contributed by atoms with E-state index in [0.29, 0.717) is 6.42 Å². The minimum Gasteiger partial charge on any atom is -0.478 e. The van der Waals surface area contributed by atoms with E-state index in [1.807, 2.05) is 13.8 Å². The number of hydrogen-bond acceptors (Lipinski definition) is 3. The van der Waals surface area contributed by atoms with Crippen molar-refractivity contribution >= 4 is 11.7 Å². The molecule has 1 heterocycles. The van der Waals surface area contributed by atoms with Gasteiger partial charge in [-0.2, -0.15) is 0 Å². The Hall–Kier alpha value is -1.06. The third-order valence-electron chi connectivity index (χ3n) is 1.63. The first-order valence-corrected chi connectivity index (χ1v) is 3.56. The molecule has 4 nitrogen and oxygen atoms in total. The lowest BCUT2D eigenvalue weighted by Gasteiger charge is -2.01. The molecule has 0 bridgehead atoms. The Balaban J connectivity index is 2.49. The molecule has 11 heavy (non-hydrogen) atoms. The molecule has 0 radical (unpaired) electrons. The van der Waals surface area contributed by atoms with Crippen molar-refractivity contribution in [3.63, 3.8) is 0 Å². The van der Waals surface area contributed by atoms with Gasteiger partial charge in [-0.15, -0.1) is 0 Å². The monoisotopic (exact) mass is 157 g/mol. The molecule has 1 rings (SSSR count). The topological polar surface area (TPSA) is 58.9 Å². The molecule has 62 valence electrons. The van der Waals surface area contributed by atoms with Crippen LogP contribution in [0.15, 0.2) is 5.16 Å². The summed E-state index contributed by atoms with van der Waals surface area (Å²) in [6.45, 7) is 3.93. The van der Waals surface area contributed by atoms with Gasteiger partial charge in [0, 0.05) is 6.42 Å². The van der Waals surface area contributed by atoms with E-state index in [4.69, 9.17) is 5.11 Å². The van der Waals surface area contributed by atoms with Crippen LogP contribution in [0.25, 0.3) is 0 Å². The summed E-state index contributed by atoms with van der Waals surface area (Å²) in [6.07, 6.45) is -0.333. The normalized spacial score (nSPS) is 23.2. The van der Waals surface area contributed by atoms with E-state index >= 15 is 0 Å². The van der Waals surface area contributed by atoms with Gasteiger partial charge >= 0.3 is 5.97 Å². The number of hydrogen-bond donors (Lipinski definition) is 1. The van der Waals surface area contributed by atoms with Gasteiger partial charge < -0.3 is 9.94 Å². The van der Waals surface area contributed by atoms with Gasteiger partial charge in [0.1, 0.15) is 0 Å². The molecule has 0 aromatic carbocycles. The second-order valence-electron chi connectivity index (χ2n) is 2.87. The lowest BCUT2D eigenvalue weighted by Crippen LogP contribution is -2.20. The fourth-order valence-corrected chi connectivity index (χ4v) is 0.869. The number of rotatable bonds is 2. The second-order valence-corrected chi connectivity index (χ2v) is 2.87. The molecule has 1 aliphatic rings. The zero-order chi connectivity index (χ0) is 8.43. The number of aliphatic carboxylic acids is 1. The molecule has 0 aromatic rings. The number of oxime groups is 1. The van der Waals surface area contributed by atoms with E-state index in [1.54, 1.807) is 0 Å². The quantitative estimate of drug-likeness (QED) is 0.647. The summed E-state index contributed by atoms with van der Waals surface area (Å²) in [5.74, 6) is -0.663. The summed E-state index contributed by atoms with van der Waals surface area (Å²) < 4.78 is 0. The van der Waals surface area contributed by atoms with Gasteiger partial charge in [-0.3, -0.25) is 0 Å². The number of carboxylic acids is 1. The molecule has 0 aliphatic carbocycles. The van der Waals surface area contributed by atoms with Gasteiger partial charge in [0.2, 0.25) is 6.10 Å². The molecule has 0 fully saturated rings. The molecule has 0 amide bonds. The van der Waals surface area contributed by atoms with E-state index in [1.165, 1.54) is 0 Å². The Bertz CT molecular complexity index is 198. The van der Waals surface area contributed by atoms with E-state index in [-0.39, 0.29) is 5.92 Å². The highest BCUT2D eigenvalue weighted by Crippen LogP contribution is 2.15. The highest BCUT2D eigenvalue weighted by molar-refractivity contribution is 5.91. The predicted octanol–water partition coefficient (Wildman–Crippen LogP) is 0.872. The summed E-state index contributed by atoms with van der Waals surface area (Å²) in [7, 11) is 0. The third-order valence-corrected chi connectivity index (χ3v) is 1.63. The standard InChI is InChI=1S/C7H11NO3/c1-4(2)5-3-6(7(9)10)11-8-5/h4,6H,3H2,1-2H3,(H,9,10)/t6-/m0/s1. The second kappa shape index (κ2) is 2.90. The van der Waals surface area contributed by atoms with Gasteiger partial charge in [-0.25, -0.2) is 4.79 Å². The van der Waals surface area contributed by atoms with Crippen LogP contribution in [0.5, 0.6) is 0 Å². The predicted molar refractivity (Wildman–Crippen MR) is 39.4 cm³/mol. The summed E-state index contributed by atoms with van der Waals surface area (Å²) in [6, 6.07) is 0. The average molecular weight is 157 g/mol. The van der Waals surface area contributed by atoms with Crippen LogP contribution in [-0.4, -0.2) is 22.9 Å². The maximum absolute atomic E-state index is 10.4. The lowest BCUT2D eigenvalue weighted by atomic mass is 10.0. The first kappa shape index (κ1) is 8.04. The van der Waals surface area contributed by atoms with E-state index in [9.17, 15) is 4.79 Å². The van der Waals surface area contributed by atoms with Crippen LogP contribution in [0.4, 0.5) is 0 Å². The van der Waals surface area contributed by atoms with Gasteiger partial charge in [-0.05, 0) is 5.92 Å². The first-order valence-electron chi connectivity index (χ1n) is 3.56. The van der Waals surface area contributed by atoms with E-state index in [2.05, 4.69) is 9.99 Å². The number of carboxylic acid groups (broad SMARTS) is 1. The number of carbonyl (C=O) groups is 1. The van der Waals surface area contributed by atoms with Crippen LogP contribution in [0.2, 0.25) is 0 Å². The van der Waals surface area contributed by atoms with Crippen LogP contribution in [0.3, 0.4) is 0 Å². The molecule has 0 saturated heterocycles. The Morgan fingerprint density at radius 1 is 1.82 bits per heavy atom. The van der Waals surface area contributed by atoms with Crippen molar-refractivity contribution in [2.24, 2.45) is 11.1 Å². The van der Waals surface area contributed by atoms with Crippen molar-refractivity contribution in [2.75, 3.05) is 0 Å². The van der Waals surface area contributed by atoms with Gasteiger partial charge in [0.15, 0.2) is 0 Å². The maximum atomic E-state index is 10.4. The summed E-state index contributed by atoms with van der Waals surface area (Å²) in [5.41, 5.74) is 0.831. The number of nitrogens with zero attached hydrogens (tertiary/aromatic N) is 1. The largest absolute Gasteiger partial charge is 0.478 e. The molecule has 0 spiro atoms. The van der Waals surface area contributed by atoms with Crippen molar-refractivity contribution in [1.29, 1.82) is 0 Å². The maximum Gasteiger partial charge on any atom is 0.348 e. The molecular formula is C7H11NO3. The van der Waals surface area contributed by atoms with E-state index in [0.717, 1.165) is 5.71 Å². The summed E-state index contributed by atoms with van der Waals surface area (Å²) in [5, 5.41) is 12.2. The fraction of sp³-hybridized carbons (Fsp3) is 0.714. The van der Waals surface area contributed by atoms with Crippen molar-refractivity contribution in [2.45, 2.75) is 26.4 Å². The van der Waals surface area contributed by atoms with Crippen molar-refractivity contribution in [3.8, 4) is 0 Å². The van der Waals surface area contributed by atoms with Crippen LogP contribution in [-0.2, 0) is 9.63 Å². The highest BCUT2D eigenvalue weighted by atomic mass is 16.7. The molecule has 0 saturated carbocycles. The lowest BCUT2D eigenvalue weighted by molar-refractivity contribution is -0.148. The fourth-order valence-electron chi connectivity index (χ4n) is 0.869. The minimum absolute atomic E-state index is 0.277. The van der Waals surface area contributed by atoms with Gasteiger partial charge in [0.05, 0.1) is 5.71 Å². The van der Waals surface area contributed by atoms with Gasteiger partial charge in [-0.1, -0.05) is 19.0 Å². The zero-order valence-corrected chi connectivity index (χ0v) is 6.57. The zero-order valence-electron chi connectivity index (χ0n) is 6.57. The van der Waals surface area contributed by atoms with Crippen molar-refractivity contribution < 1.29 is 14.7 Å². The summed E-state index contributed by atoms with van der Waals surface area (Å²) >= 11 is 0. The molecule has 0 unspecified atom stereocenters. The van der Waals surface area contributed by atoms with Crippen LogP contribution in [0, 0.1) is 5.92 Å².